The smallest absolute Gasteiger partial charge is 0.265 e. The van der Waals surface area contributed by atoms with Gasteiger partial charge in [-0.1, -0.05) is 30.3 Å². The third-order valence-corrected chi connectivity index (χ3v) is 4.90. The van der Waals surface area contributed by atoms with Crippen molar-refractivity contribution in [2.75, 3.05) is 18.1 Å². The number of Topliss-reactive ketones (excluding diaryl/α,β-unsaturated/α-hetero) is 1. The summed E-state index contributed by atoms with van der Waals surface area (Å²) in [6.07, 6.45) is 0. The van der Waals surface area contributed by atoms with Crippen LogP contribution in [0.1, 0.15) is 36.7 Å². The van der Waals surface area contributed by atoms with Gasteiger partial charge < -0.3 is 9.64 Å². The second kappa shape index (κ2) is 8.25. The van der Waals surface area contributed by atoms with E-state index in [2.05, 4.69) is 0 Å². The fraction of sp³-hybridized carbons (Fsp3) is 0.318. The van der Waals surface area contributed by atoms with Crippen LogP contribution < -0.4 is 9.64 Å². The number of rotatable bonds is 6. The van der Waals surface area contributed by atoms with E-state index in [1.54, 1.807) is 30.0 Å². The van der Waals surface area contributed by atoms with Crippen LogP contribution in [0.2, 0.25) is 0 Å². The Morgan fingerprint density at radius 2 is 1.89 bits per heavy atom. The lowest BCUT2D eigenvalue weighted by atomic mass is 10.1. The van der Waals surface area contributed by atoms with Gasteiger partial charge in [-0.2, -0.15) is 0 Å². The van der Waals surface area contributed by atoms with Crippen molar-refractivity contribution >= 4 is 23.3 Å². The summed E-state index contributed by atoms with van der Waals surface area (Å²) in [5, 5.41) is 0. The maximum atomic E-state index is 13.2. The van der Waals surface area contributed by atoms with E-state index in [1.807, 2.05) is 37.3 Å². The number of carbonyl (C=O) groups is 3. The van der Waals surface area contributed by atoms with Crippen LogP contribution in [-0.4, -0.2) is 41.7 Å². The Morgan fingerprint density at radius 1 is 1.18 bits per heavy atom. The Kier molecular flexibility index (Phi) is 5.78. The minimum Gasteiger partial charge on any atom is -0.482 e. The molecule has 2 aromatic carbocycles. The predicted molar refractivity (Wildman–Crippen MR) is 106 cm³/mol. The molecule has 3 rings (SSSR count). The first-order valence-electron chi connectivity index (χ1n) is 9.35. The Balaban J connectivity index is 1.89. The lowest BCUT2D eigenvalue weighted by Crippen LogP contribution is -2.52. The Hall–Kier alpha value is -3.15. The summed E-state index contributed by atoms with van der Waals surface area (Å²) in [6, 6.07) is 14.0. The normalized spacial score (nSPS) is 14.1. The molecule has 0 fully saturated rings. The number of nitrogens with zero attached hydrogens (tertiary/aromatic N) is 2. The van der Waals surface area contributed by atoms with Crippen molar-refractivity contribution in [3.05, 3.63) is 59.7 Å². The molecule has 146 valence electrons. The summed E-state index contributed by atoms with van der Waals surface area (Å²) in [5.41, 5.74) is 1.95. The van der Waals surface area contributed by atoms with Crippen LogP contribution in [0.5, 0.6) is 5.75 Å². The van der Waals surface area contributed by atoms with Gasteiger partial charge in [0.2, 0.25) is 5.91 Å². The molecule has 1 heterocycles. The molecule has 0 saturated heterocycles. The summed E-state index contributed by atoms with van der Waals surface area (Å²) >= 11 is 0. The molecule has 1 aliphatic heterocycles. The number of ketones is 1. The van der Waals surface area contributed by atoms with Gasteiger partial charge in [-0.3, -0.25) is 19.3 Å². The highest BCUT2D eigenvalue weighted by atomic mass is 16.5. The van der Waals surface area contributed by atoms with Gasteiger partial charge in [0.1, 0.15) is 11.8 Å². The molecular formula is C22H24N2O4. The quantitative estimate of drug-likeness (QED) is 0.723. The number of likely N-dealkylation sites (N-methyl/N-ethyl adjacent to an activating group) is 1. The van der Waals surface area contributed by atoms with Crippen LogP contribution in [-0.2, 0) is 16.1 Å². The highest BCUT2D eigenvalue weighted by Crippen LogP contribution is 2.34. The average Bonchev–Trinajstić information content (AvgIpc) is 2.71. The van der Waals surface area contributed by atoms with Gasteiger partial charge in [0.05, 0.1) is 5.69 Å². The Labute approximate surface area is 164 Å². The monoisotopic (exact) mass is 380 g/mol. The zero-order valence-electron chi connectivity index (χ0n) is 16.3. The lowest BCUT2D eigenvalue weighted by molar-refractivity contribution is -0.135. The van der Waals surface area contributed by atoms with E-state index in [-0.39, 0.29) is 24.2 Å². The summed E-state index contributed by atoms with van der Waals surface area (Å²) in [6.45, 7) is 5.95. The number of hydrogen-bond donors (Lipinski definition) is 0. The molecular weight excluding hydrogens is 356 g/mol. The fourth-order valence-electron chi connectivity index (χ4n) is 3.34. The number of anilines is 1. The fourth-order valence-corrected chi connectivity index (χ4v) is 3.34. The van der Waals surface area contributed by atoms with Crippen LogP contribution in [0.3, 0.4) is 0 Å². The minimum absolute atomic E-state index is 0.112. The molecule has 2 amide bonds. The van der Waals surface area contributed by atoms with Gasteiger partial charge in [-0.05, 0) is 44.5 Å². The first-order valence-corrected chi connectivity index (χ1v) is 9.35. The molecule has 0 bridgehead atoms. The van der Waals surface area contributed by atoms with Crippen molar-refractivity contribution in [3.63, 3.8) is 0 Å². The summed E-state index contributed by atoms with van der Waals surface area (Å²) in [4.78, 5) is 40.7. The van der Waals surface area contributed by atoms with Crippen molar-refractivity contribution in [3.8, 4) is 5.75 Å². The SMILES string of the molecule is CCN(Cc1ccccc1)C(=O)C(C)N1C(=O)COc2ccc(C(C)=O)cc21. The molecule has 1 aliphatic rings. The summed E-state index contributed by atoms with van der Waals surface area (Å²) in [5.74, 6) is -0.0695. The third-order valence-electron chi connectivity index (χ3n) is 4.90. The average molecular weight is 380 g/mol. The molecule has 28 heavy (non-hydrogen) atoms. The number of benzene rings is 2. The largest absolute Gasteiger partial charge is 0.482 e. The summed E-state index contributed by atoms with van der Waals surface area (Å²) in [7, 11) is 0. The van der Waals surface area contributed by atoms with Crippen LogP contribution >= 0.6 is 0 Å². The van der Waals surface area contributed by atoms with Gasteiger partial charge in [-0.15, -0.1) is 0 Å². The van der Waals surface area contributed by atoms with E-state index in [9.17, 15) is 14.4 Å². The predicted octanol–water partition coefficient (Wildman–Crippen LogP) is 3.05. The van der Waals surface area contributed by atoms with Crippen molar-refractivity contribution in [1.29, 1.82) is 0 Å². The van der Waals surface area contributed by atoms with Gasteiger partial charge in [0.25, 0.3) is 5.91 Å². The van der Waals surface area contributed by atoms with Gasteiger partial charge in [0.15, 0.2) is 12.4 Å². The molecule has 2 aromatic rings. The second-order valence-corrected chi connectivity index (χ2v) is 6.81. The van der Waals surface area contributed by atoms with E-state index >= 15 is 0 Å². The number of carbonyl (C=O) groups excluding carboxylic acids is 3. The number of ether oxygens (including phenoxy) is 1. The number of fused-ring (bicyclic) bond motifs is 1. The van der Waals surface area contributed by atoms with Crippen LogP contribution in [0, 0.1) is 0 Å². The van der Waals surface area contributed by atoms with E-state index in [1.165, 1.54) is 11.8 Å². The number of hydrogen-bond acceptors (Lipinski definition) is 4. The molecule has 0 aromatic heterocycles. The topological polar surface area (TPSA) is 66.9 Å². The first-order chi connectivity index (χ1) is 13.4. The summed E-state index contributed by atoms with van der Waals surface area (Å²) < 4.78 is 5.49. The van der Waals surface area contributed by atoms with Gasteiger partial charge in [0, 0.05) is 18.7 Å². The standard InChI is InChI=1S/C22H24N2O4/c1-4-23(13-17-8-6-5-7-9-17)22(27)15(2)24-19-12-18(16(3)25)10-11-20(19)28-14-21(24)26/h5-12,15H,4,13-14H2,1-3H3. The van der Waals surface area contributed by atoms with Gasteiger partial charge in [-0.25, -0.2) is 0 Å². The van der Waals surface area contributed by atoms with Crippen LogP contribution in [0.15, 0.2) is 48.5 Å². The van der Waals surface area contributed by atoms with Crippen LogP contribution in [0.25, 0.3) is 0 Å². The Morgan fingerprint density at radius 3 is 2.54 bits per heavy atom. The molecule has 6 heteroatoms. The molecule has 1 unspecified atom stereocenters. The zero-order valence-corrected chi connectivity index (χ0v) is 16.3. The molecule has 0 radical (unpaired) electrons. The van der Waals surface area contributed by atoms with Crippen molar-refractivity contribution in [1.82, 2.24) is 4.90 Å². The molecule has 1 atom stereocenters. The molecule has 6 nitrogen and oxygen atoms in total. The molecule has 0 spiro atoms. The highest BCUT2D eigenvalue weighted by Gasteiger charge is 2.35. The lowest BCUT2D eigenvalue weighted by Gasteiger charge is -2.36. The van der Waals surface area contributed by atoms with Crippen LogP contribution in [0.4, 0.5) is 5.69 Å². The maximum Gasteiger partial charge on any atom is 0.265 e. The first kappa shape index (κ1) is 19.6. The third kappa shape index (κ3) is 3.91. The highest BCUT2D eigenvalue weighted by molar-refractivity contribution is 6.05. The number of amides is 2. The van der Waals surface area contributed by atoms with Crippen molar-refractivity contribution < 1.29 is 19.1 Å². The van der Waals surface area contributed by atoms with Gasteiger partial charge >= 0.3 is 0 Å². The zero-order chi connectivity index (χ0) is 20.3. The van der Waals surface area contributed by atoms with E-state index < -0.39 is 6.04 Å². The van der Waals surface area contributed by atoms with Crippen molar-refractivity contribution in [2.45, 2.75) is 33.4 Å². The van der Waals surface area contributed by atoms with E-state index in [0.29, 0.717) is 30.1 Å². The maximum absolute atomic E-state index is 13.2. The minimum atomic E-state index is -0.707. The second-order valence-electron chi connectivity index (χ2n) is 6.81. The molecule has 0 N–H and O–H groups in total. The molecule has 0 saturated carbocycles. The molecule has 0 aliphatic carbocycles. The van der Waals surface area contributed by atoms with E-state index in [0.717, 1.165) is 5.56 Å². The van der Waals surface area contributed by atoms with Crippen molar-refractivity contribution in [2.24, 2.45) is 0 Å². The Bertz CT molecular complexity index is 895. The van der Waals surface area contributed by atoms with E-state index in [4.69, 9.17) is 4.74 Å².